The predicted molar refractivity (Wildman–Crippen MR) is 123 cm³/mol. The van der Waals surface area contributed by atoms with Crippen molar-refractivity contribution in [2.24, 2.45) is 0 Å². The highest BCUT2D eigenvalue weighted by atomic mass is 35.5. The van der Waals surface area contributed by atoms with Crippen LogP contribution in [0.25, 0.3) is 0 Å². The summed E-state index contributed by atoms with van der Waals surface area (Å²) in [5.41, 5.74) is 1.64. The number of rotatable bonds is 6. The lowest BCUT2D eigenvalue weighted by Gasteiger charge is -2.20. The number of alkyl halides is 1. The van der Waals surface area contributed by atoms with Crippen molar-refractivity contribution in [1.29, 1.82) is 0 Å². The molecule has 4 rings (SSSR count). The van der Waals surface area contributed by atoms with E-state index >= 15 is 0 Å². The quantitative estimate of drug-likeness (QED) is 0.400. The van der Waals surface area contributed by atoms with Gasteiger partial charge < -0.3 is 10.1 Å². The SMILES string of the molecule is O=C(NCC(F)c1ccc(Cl)cc1Cl)c1c(Oc2cccc(Cl)c2F)nnc2c1CCCC2. The highest BCUT2D eigenvalue weighted by Crippen LogP contribution is 2.34. The fourth-order valence-corrected chi connectivity index (χ4v) is 4.36. The van der Waals surface area contributed by atoms with Crippen LogP contribution in [0.5, 0.6) is 11.6 Å². The monoisotopic (exact) mass is 511 g/mol. The molecular weight excluding hydrogens is 495 g/mol. The second kappa shape index (κ2) is 10.2. The van der Waals surface area contributed by atoms with Crippen molar-refractivity contribution in [2.45, 2.75) is 31.9 Å². The second-order valence-electron chi connectivity index (χ2n) is 7.51. The van der Waals surface area contributed by atoms with Gasteiger partial charge in [-0.2, -0.15) is 5.10 Å². The first-order chi connectivity index (χ1) is 15.8. The molecule has 1 aromatic heterocycles. The van der Waals surface area contributed by atoms with Gasteiger partial charge in [-0.25, -0.2) is 8.78 Å². The lowest BCUT2D eigenvalue weighted by Crippen LogP contribution is -2.30. The third kappa shape index (κ3) is 5.21. The molecule has 1 aliphatic carbocycles. The molecule has 1 N–H and O–H groups in total. The van der Waals surface area contributed by atoms with Crippen molar-refractivity contribution in [3.8, 4) is 11.6 Å². The molecule has 2 aromatic carbocycles. The van der Waals surface area contributed by atoms with Crippen LogP contribution < -0.4 is 10.1 Å². The van der Waals surface area contributed by atoms with Crippen LogP contribution in [0, 0.1) is 5.82 Å². The Bertz CT molecular complexity index is 1210. The molecule has 0 saturated carbocycles. The first kappa shape index (κ1) is 23.7. The van der Waals surface area contributed by atoms with E-state index in [4.69, 9.17) is 39.5 Å². The third-order valence-electron chi connectivity index (χ3n) is 5.31. The van der Waals surface area contributed by atoms with Gasteiger partial charge in [0.15, 0.2) is 11.6 Å². The summed E-state index contributed by atoms with van der Waals surface area (Å²) in [4.78, 5) is 13.2. The molecular formula is C23H18Cl3F2N3O2. The lowest BCUT2D eigenvalue weighted by molar-refractivity contribution is 0.0937. The van der Waals surface area contributed by atoms with Gasteiger partial charge in [0.2, 0.25) is 0 Å². The molecule has 3 aromatic rings. The number of carbonyl (C=O) groups is 1. The zero-order chi connectivity index (χ0) is 23.5. The average molecular weight is 513 g/mol. The van der Waals surface area contributed by atoms with Gasteiger partial charge in [0.1, 0.15) is 11.7 Å². The van der Waals surface area contributed by atoms with Gasteiger partial charge in [-0.05, 0) is 55.5 Å². The Labute approximate surface area is 204 Å². The average Bonchev–Trinajstić information content (AvgIpc) is 2.80. The van der Waals surface area contributed by atoms with E-state index in [-0.39, 0.29) is 39.3 Å². The minimum atomic E-state index is -1.57. The second-order valence-corrected chi connectivity index (χ2v) is 8.76. The fourth-order valence-electron chi connectivity index (χ4n) is 3.66. The highest BCUT2D eigenvalue weighted by Gasteiger charge is 2.27. The van der Waals surface area contributed by atoms with E-state index in [0.29, 0.717) is 29.1 Å². The number of aromatic nitrogens is 2. The van der Waals surface area contributed by atoms with E-state index in [1.54, 1.807) is 0 Å². The van der Waals surface area contributed by atoms with Crippen LogP contribution in [0.4, 0.5) is 8.78 Å². The maximum atomic E-state index is 14.8. The Morgan fingerprint density at radius 1 is 1.09 bits per heavy atom. The zero-order valence-electron chi connectivity index (χ0n) is 17.2. The van der Waals surface area contributed by atoms with E-state index in [9.17, 15) is 13.6 Å². The van der Waals surface area contributed by atoms with Crippen LogP contribution in [-0.2, 0) is 12.8 Å². The Morgan fingerprint density at radius 3 is 2.67 bits per heavy atom. The molecule has 0 radical (unpaired) electrons. The molecule has 1 atom stereocenters. The van der Waals surface area contributed by atoms with E-state index in [2.05, 4.69) is 15.5 Å². The number of hydrogen-bond donors (Lipinski definition) is 1. The number of amides is 1. The molecule has 1 heterocycles. The number of nitrogens with one attached hydrogen (secondary N) is 1. The lowest BCUT2D eigenvalue weighted by atomic mass is 9.92. The van der Waals surface area contributed by atoms with E-state index in [1.807, 2.05) is 0 Å². The summed E-state index contributed by atoms with van der Waals surface area (Å²) in [6.45, 7) is -0.345. The number of hydrogen-bond acceptors (Lipinski definition) is 4. The smallest absolute Gasteiger partial charge is 0.257 e. The number of aryl methyl sites for hydroxylation is 1. The largest absolute Gasteiger partial charge is 0.434 e. The summed E-state index contributed by atoms with van der Waals surface area (Å²) in [7, 11) is 0. The van der Waals surface area contributed by atoms with Crippen molar-refractivity contribution in [2.75, 3.05) is 6.54 Å². The van der Waals surface area contributed by atoms with Crippen molar-refractivity contribution in [3.05, 3.63) is 79.7 Å². The molecule has 1 aliphatic rings. The highest BCUT2D eigenvalue weighted by molar-refractivity contribution is 6.35. The van der Waals surface area contributed by atoms with Crippen LogP contribution in [0.15, 0.2) is 36.4 Å². The van der Waals surface area contributed by atoms with Crippen molar-refractivity contribution < 1.29 is 18.3 Å². The Hall–Kier alpha value is -2.48. The van der Waals surface area contributed by atoms with Gasteiger partial charge in [0.25, 0.3) is 11.8 Å². The number of ether oxygens (including phenoxy) is 1. The fraction of sp³-hybridized carbons (Fsp3) is 0.261. The molecule has 10 heteroatoms. The number of nitrogens with zero attached hydrogens (tertiary/aromatic N) is 2. The summed E-state index contributed by atoms with van der Waals surface area (Å²) in [6.07, 6.45) is 1.41. The van der Waals surface area contributed by atoms with Gasteiger partial charge in [-0.1, -0.05) is 46.9 Å². The number of fused-ring (bicyclic) bond motifs is 1. The third-order valence-corrected chi connectivity index (χ3v) is 6.16. The molecule has 172 valence electrons. The van der Waals surface area contributed by atoms with Gasteiger partial charge in [0, 0.05) is 15.6 Å². The van der Waals surface area contributed by atoms with Crippen LogP contribution >= 0.6 is 34.8 Å². The summed E-state index contributed by atoms with van der Waals surface area (Å²) in [6, 6.07) is 8.67. The Balaban J connectivity index is 1.62. The minimum Gasteiger partial charge on any atom is -0.434 e. The van der Waals surface area contributed by atoms with Crippen molar-refractivity contribution in [1.82, 2.24) is 15.5 Å². The van der Waals surface area contributed by atoms with Gasteiger partial charge in [-0.3, -0.25) is 4.79 Å². The van der Waals surface area contributed by atoms with Gasteiger partial charge in [-0.15, -0.1) is 5.10 Å². The summed E-state index contributed by atoms with van der Waals surface area (Å²) in [5, 5.41) is 11.1. The van der Waals surface area contributed by atoms with Crippen LogP contribution in [0.1, 0.15) is 46.2 Å². The molecule has 0 bridgehead atoms. The molecule has 5 nitrogen and oxygen atoms in total. The van der Waals surface area contributed by atoms with E-state index in [1.165, 1.54) is 36.4 Å². The topological polar surface area (TPSA) is 64.1 Å². The first-order valence-electron chi connectivity index (χ1n) is 10.2. The Morgan fingerprint density at radius 2 is 1.88 bits per heavy atom. The summed E-state index contributed by atoms with van der Waals surface area (Å²) in [5.74, 6) is -1.76. The normalized spacial score (nSPS) is 13.8. The molecule has 0 saturated heterocycles. The summed E-state index contributed by atoms with van der Waals surface area (Å²) < 4.78 is 34.8. The first-order valence-corrected chi connectivity index (χ1v) is 11.4. The van der Waals surface area contributed by atoms with E-state index in [0.717, 1.165) is 12.8 Å². The maximum Gasteiger partial charge on any atom is 0.257 e. The summed E-state index contributed by atoms with van der Waals surface area (Å²) >= 11 is 17.8. The van der Waals surface area contributed by atoms with E-state index < -0.39 is 17.9 Å². The van der Waals surface area contributed by atoms with Crippen molar-refractivity contribution >= 4 is 40.7 Å². The molecule has 33 heavy (non-hydrogen) atoms. The van der Waals surface area contributed by atoms with Gasteiger partial charge >= 0.3 is 0 Å². The zero-order valence-corrected chi connectivity index (χ0v) is 19.4. The maximum absolute atomic E-state index is 14.8. The Kier molecular flexibility index (Phi) is 7.32. The van der Waals surface area contributed by atoms with Crippen LogP contribution in [0.2, 0.25) is 15.1 Å². The molecule has 1 unspecified atom stereocenters. The number of benzene rings is 2. The standard InChI is InChI=1S/C23H18Cl3F2N3O2/c24-12-8-9-13(16(26)10-12)17(27)11-29-22(32)20-14-4-1-2-6-18(14)30-31-23(20)33-19-7-3-5-15(25)21(19)28/h3,5,7-10,17H,1-2,4,6,11H2,(H,29,32). The predicted octanol–water partition coefficient (Wildman–Crippen LogP) is 6.69. The van der Waals surface area contributed by atoms with Gasteiger partial charge in [0.05, 0.1) is 17.3 Å². The number of carbonyl (C=O) groups excluding carboxylic acids is 1. The molecule has 1 amide bonds. The molecule has 0 fully saturated rings. The van der Waals surface area contributed by atoms with Crippen LogP contribution in [-0.4, -0.2) is 22.6 Å². The number of halogens is 5. The molecule has 0 spiro atoms. The van der Waals surface area contributed by atoms with Crippen LogP contribution in [0.3, 0.4) is 0 Å². The van der Waals surface area contributed by atoms with Crippen molar-refractivity contribution in [3.63, 3.8) is 0 Å². The molecule has 0 aliphatic heterocycles. The minimum absolute atomic E-state index is 0.105.